The Bertz CT molecular complexity index is 970. The molecule has 2 aromatic heterocycles. The van der Waals surface area contributed by atoms with Crippen LogP contribution >= 0.6 is 38.6 Å². The van der Waals surface area contributed by atoms with Crippen LogP contribution in [0, 0.1) is 10.1 Å². The highest BCUT2D eigenvalue weighted by Gasteiger charge is 2.12. The summed E-state index contributed by atoms with van der Waals surface area (Å²) in [6.07, 6.45) is 0. The number of carbonyl (C=O) groups is 1. The molecule has 0 unspecified atom stereocenters. The minimum atomic E-state index is -0.442. The summed E-state index contributed by atoms with van der Waals surface area (Å²) in [6.45, 7) is 0. The van der Waals surface area contributed by atoms with Crippen molar-refractivity contribution in [2.24, 2.45) is 12.0 Å². The third kappa shape index (κ3) is 2.74. The lowest BCUT2D eigenvalue weighted by atomic mass is 10.3. The van der Waals surface area contributed by atoms with E-state index in [2.05, 4.69) is 20.9 Å². The zero-order chi connectivity index (χ0) is 15.9. The van der Waals surface area contributed by atoms with Gasteiger partial charge in [0.2, 0.25) is 0 Å². The van der Waals surface area contributed by atoms with Crippen LogP contribution < -0.4 is 4.80 Å². The topological polar surface area (TPSA) is 77.5 Å². The molecule has 3 aromatic rings. The van der Waals surface area contributed by atoms with Gasteiger partial charge in [-0.05, 0) is 34.1 Å². The highest BCUT2D eigenvalue weighted by atomic mass is 79.9. The van der Waals surface area contributed by atoms with Crippen LogP contribution in [0.15, 0.2) is 39.1 Å². The average molecular weight is 398 g/mol. The molecule has 0 aliphatic carbocycles. The Hall–Kier alpha value is -1.84. The summed E-state index contributed by atoms with van der Waals surface area (Å²) < 4.78 is 3.39. The van der Waals surface area contributed by atoms with Gasteiger partial charge >= 0.3 is 0 Å². The molecule has 1 aromatic carbocycles. The van der Waals surface area contributed by atoms with E-state index in [9.17, 15) is 14.9 Å². The van der Waals surface area contributed by atoms with Gasteiger partial charge in [0, 0.05) is 19.2 Å². The number of nitro benzene ring substituents is 1. The zero-order valence-corrected chi connectivity index (χ0v) is 14.4. The Morgan fingerprint density at radius 2 is 2.09 bits per heavy atom. The molecule has 0 fully saturated rings. The number of nitrogens with zero attached hydrogens (tertiary/aromatic N) is 3. The Balaban J connectivity index is 2.11. The number of aromatic nitrogens is 1. The molecular weight excluding hydrogens is 390 g/mol. The number of thiazole rings is 1. The molecule has 2 heterocycles. The summed E-state index contributed by atoms with van der Waals surface area (Å²) in [5.41, 5.74) is 0.694. The van der Waals surface area contributed by atoms with E-state index in [-0.39, 0.29) is 11.6 Å². The second kappa shape index (κ2) is 5.75. The number of hydrogen-bond acceptors (Lipinski definition) is 5. The molecule has 22 heavy (non-hydrogen) atoms. The van der Waals surface area contributed by atoms with Crippen LogP contribution in [0.4, 0.5) is 5.69 Å². The maximum Gasteiger partial charge on any atom is 0.289 e. The summed E-state index contributed by atoms with van der Waals surface area (Å²) in [5.74, 6) is -0.327. The molecule has 0 bridgehead atoms. The van der Waals surface area contributed by atoms with Gasteiger partial charge in [-0.3, -0.25) is 14.9 Å². The predicted octanol–water partition coefficient (Wildman–Crippen LogP) is 3.71. The third-order valence-electron chi connectivity index (χ3n) is 2.98. The van der Waals surface area contributed by atoms with Crippen molar-refractivity contribution < 1.29 is 9.72 Å². The van der Waals surface area contributed by atoms with Gasteiger partial charge in [0.05, 0.1) is 23.8 Å². The molecule has 0 saturated heterocycles. The van der Waals surface area contributed by atoms with E-state index in [1.54, 1.807) is 29.8 Å². The second-order valence-corrected chi connectivity index (χ2v) is 7.85. The number of carbonyl (C=O) groups excluding carboxylic acids is 1. The van der Waals surface area contributed by atoms with Gasteiger partial charge in [0.15, 0.2) is 4.80 Å². The summed E-state index contributed by atoms with van der Waals surface area (Å²) in [6, 6.07) is 8.10. The fraction of sp³-hybridized carbons (Fsp3) is 0.0769. The molecule has 0 N–H and O–H groups in total. The lowest BCUT2D eigenvalue weighted by Gasteiger charge is -1.95. The number of fused-ring (bicyclic) bond motifs is 1. The van der Waals surface area contributed by atoms with E-state index in [1.165, 1.54) is 34.8 Å². The molecule has 0 saturated carbocycles. The van der Waals surface area contributed by atoms with Crippen LogP contribution in [0.3, 0.4) is 0 Å². The first-order valence-electron chi connectivity index (χ1n) is 6.04. The van der Waals surface area contributed by atoms with E-state index >= 15 is 0 Å². The number of halogens is 1. The maximum atomic E-state index is 12.1. The van der Waals surface area contributed by atoms with Crippen molar-refractivity contribution in [1.29, 1.82) is 0 Å². The van der Waals surface area contributed by atoms with Crippen LogP contribution in [0.25, 0.3) is 10.2 Å². The monoisotopic (exact) mass is 397 g/mol. The van der Waals surface area contributed by atoms with E-state index in [1.807, 2.05) is 0 Å². The molecular formula is C13H8BrN3O3S2. The van der Waals surface area contributed by atoms with Crippen molar-refractivity contribution >= 4 is 60.4 Å². The number of rotatable bonds is 2. The Morgan fingerprint density at radius 1 is 1.32 bits per heavy atom. The van der Waals surface area contributed by atoms with Gasteiger partial charge in [0.1, 0.15) is 0 Å². The first kappa shape index (κ1) is 15.1. The fourth-order valence-corrected chi connectivity index (χ4v) is 4.17. The smallest absolute Gasteiger partial charge is 0.289 e. The molecule has 9 heteroatoms. The van der Waals surface area contributed by atoms with Crippen molar-refractivity contribution in [3.63, 3.8) is 0 Å². The van der Waals surface area contributed by atoms with Crippen molar-refractivity contribution in [3.8, 4) is 0 Å². The lowest BCUT2D eigenvalue weighted by Crippen LogP contribution is -2.12. The van der Waals surface area contributed by atoms with Gasteiger partial charge < -0.3 is 4.57 Å². The Labute approximate surface area is 140 Å². The van der Waals surface area contributed by atoms with Crippen LogP contribution in [0.1, 0.15) is 9.67 Å². The maximum absolute atomic E-state index is 12.1. The van der Waals surface area contributed by atoms with Crippen LogP contribution in [-0.2, 0) is 7.05 Å². The predicted molar refractivity (Wildman–Crippen MR) is 89.4 cm³/mol. The summed E-state index contributed by atoms with van der Waals surface area (Å²) in [4.78, 5) is 27.7. The molecule has 0 aliphatic heterocycles. The fourth-order valence-electron chi connectivity index (χ4n) is 1.91. The number of non-ortho nitro benzene ring substituents is 1. The largest absolute Gasteiger partial charge is 0.319 e. The summed E-state index contributed by atoms with van der Waals surface area (Å²) in [7, 11) is 1.74. The summed E-state index contributed by atoms with van der Waals surface area (Å²) in [5, 5.41) is 10.8. The third-order valence-corrected chi connectivity index (χ3v) is 5.71. The molecule has 3 rings (SSSR count). The normalized spacial score (nSPS) is 12.0. The summed E-state index contributed by atoms with van der Waals surface area (Å²) >= 11 is 5.94. The highest BCUT2D eigenvalue weighted by Crippen LogP contribution is 2.24. The SMILES string of the molecule is Cn1c(=NC(=O)c2ccc(Br)s2)sc2ccc([N+](=O)[O-])cc21. The second-order valence-electron chi connectivity index (χ2n) is 4.37. The molecule has 0 aliphatic rings. The quantitative estimate of drug-likeness (QED) is 0.488. The number of nitro groups is 1. The first-order valence-corrected chi connectivity index (χ1v) is 8.46. The lowest BCUT2D eigenvalue weighted by molar-refractivity contribution is -0.384. The van der Waals surface area contributed by atoms with Crippen molar-refractivity contribution in [2.45, 2.75) is 0 Å². The van der Waals surface area contributed by atoms with Gasteiger partial charge in [-0.1, -0.05) is 11.3 Å². The average Bonchev–Trinajstić information content (AvgIpc) is 3.04. The van der Waals surface area contributed by atoms with Gasteiger partial charge in [-0.2, -0.15) is 4.99 Å². The van der Waals surface area contributed by atoms with Gasteiger partial charge in [0.25, 0.3) is 11.6 Å². The molecule has 112 valence electrons. The van der Waals surface area contributed by atoms with Gasteiger partial charge in [-0.25, -0.2) is 0 Å². The minimum absolute atomic E-state index is 0.0148. The highest BCUT2D eigenvalue weighted by molar-refractivity contribution is 9.11. The van der Waals surface area contributed by atoms with Crippen LogP contribution in [0.5, 0.6) is 0 Å². The standard InChI is InChI=1S/C13H8BrN3O3S2/c1-16-8-6-7(17(19)20)2-3-9(8)22-13(16)15-12(18)10-4-5-11(14)21-10/h2-6H,1H3. The minimum Gasteiger partial charge on any atom is -0.319 e. The molecule has 1 amide bonds. The zero-order valence-electron chi connectivity index (χ0n) is 11.1. The van der Waals surface area contributed by atoms with Crippen molar-refractivity contribution in [1.82, 2.24) is 4.57 Å². The number of thiophene rings is 1. The first-order chi connectivity index (χ1) is 10.5. The van der Waals surface area contributed by atoms with Crippen molar-refractivity contribution in [2.75, 3.05) is 0 Å². The van der Waals surface area contributed by atoms with Crippen LogP contribution in [-0.4, -0.2) is 15.4 Å². The van der Waals surface area contributed by atoms with Crippen LogP contribution in [0.2, 0.25) is 0 Å². The number of amides is 1. The Kier molecular flexibility index (Phi) is 3.94. The molecule has 6 nitrogen and oxygen atoms in total. The van der Waals surface area contributed by atoms with E-state index in [0.717, 1.165) is 8.49 Å². The Morgan fingerprint density at radius 3 is 2.73 bits per heavy atom. The van der Waals surface area contributed by atoms with E-state index in [4.69, 9.17) is 0 Å². The molecule has 0 radical (unpaired) electrons. The number of benzene rings is 1. The number of hydrogen-bond donors (Lipinski definition) is 0. The molecule has 0 atom stereocenters. The molecule has 0 spiro atoms. The van der Waals surface area contributed by atoms with E-state index < -0.39 is 4.92 Å². The van der Waals surface area contributed by atoms with Crippen molar-refractivity contribution in [3.05, 3.63) is 53.9 Å². The number of aryl methyl sites for hydroxylation is 1. The van der Waals surface area contributed by atoms with Gasteiger partial charge in [-0.15, -0.1) is 11.3 Å². The van der Waals surface area contributed by atoms with E-state index in [0.29, 0.717) is 15.2 Å².